The van der Waals surface area contributed by atoms with E-state index in [-0.39, 0.29) is 23.0 Å². The molecule has 2 aromatic rings. The minimum absolute atomic E-state index is 0.113. The lowest BCUT2D eigenvalue weighted by atomic mass is 10.1. The van der Waals surface area contributed by atoms with Crippen LogP contribution in [-0.4, -0.2) is 11.8 Å². The molecule has 2 rings (SSSR count). The number of carbonyl (C=O) groups is 2. The number of hydrogen-bond donors (Lipinski definition) is 2. The van der Waals surface area contributed by atoms with Crippen molar-refractivity contribution in [1.82, 2.24) is 5.32 Å². The second-order valence-electron chi connectivity index (χ2n) is 4.33. The molecule has 2 aromatic carbocycles. The molecule has 108 valence electrons. The Hall–Kier alpha value is -2.04. The molecule has 4 nitrogen and oxygen atoms in total. The van der Waals surface area contributed by atoms with E-state index in [2.05, 4.69) is 5.32 Å². The Kier molecular flexibility index (Phi) is 4.83. The molecule has 0 aliphatic heterocycles. The third kappa shape index (κ3) is 3.74. The lowest BCUT2D eigenvalue weighted by Crippen LogP contribution is -2.23. The molecule has 0 saturated heterocycles. The average molecular weight is 323 g/mol. The third-order valence-electron chi connectivity index (χ3n) is 2.89. The molecule has 0 radical (unpaired) electrons. The molecule has 0 bridgehead atoms. The number of nitrogens with two attached hydrogens (primary N) is 1. The van der Waals surface area contributed by atoms with E-state index in [4.69, 9.17) is 28.9 Å². The first kappa shape index (κ1) is 15.4. The number of carbonyl (C=O) groups excluding carboxylic acids is 2. The quantitative estimate of drug-likeness (QED) is 0.908. The van der Waals surface area contributed by atoms with Crippen molar-refractivity contribution in [3.63, 3.8) is 0 Å². The molecule has 0 atom stereocenters. The fourth-order valence-electron chi connectivity index (χ4n) is 1.77. The second kappa shape index (κ2) is 6.61. The highest BCUT2D eigenvalue weighted by Crippen LogP contribution is 2.18. The first-order chi connectivity index (χ1) is 9.99. The molecule has 0 aliphatic carbocycles. The van der Waals surface area contributed by atoms with E-state index in [1.54, 1.807) is 6.07 Å². The summed E-state index contributed by atoms with van der Waals surface area (Å²) in [6.45, 7) is 0.285. The molecule has 0 aliphatic rings. The number of nitrogens with one attached hydrogen (secondary N) is 1. The summed E-state index contributed by atoms with van der Waals surface area (Å²) in [5.74, 6) is -1.02. The van der Waals surface area contributed by atoms with E-state index in [1.165, 1.54) is 18.2 Å². The Bertz CT molecular complexity index is 702. The van der Waals surface area contributed by atoms with Gasteiger partial charge in [0.25, 0.3) is 5.91 Å². The van der Waals surface area contributed by atoms with Crippen molar-refractivity contribution in [2.45, 2.75) is 6.54 Å². The van der Waals surface area contributed by atoms with E-state index in [1.807, 2.05) is 18.2 Å². The summed E-state index contributed by atoms with van der Waals surface area (Å²) >= 11 is 11.9. The van der Waals surface area contributed by atoms with Gasteiger partial charge in [-0.05, 0) is 29.8 Å². The molecule has 0 aromatic heterocycles. The SMILES string of the molecule is NC(=O)c1cc(C(=O)NCc2ccccc2Cl)ccc1Cl. The molecule has 3 N–H and O–H groups in total. The number of halogens is 2. The molecule has 0 unspecified atom stereocenters. The summed E-state index contributed by atoms with van der Waals surface area (Å²) < 4.78 is 0. The van der Waals surface area contributed by atoms with Crippen LogP contribution in [0.2, 0.25) is 10.0 Å². The second-order valence-corrected chi connectivity index (χ2v) is 5.15. The first-order valence-electron chi connectivity index (χ1n) is 6.10. The van der Waals surface area contributed by atoms with Gasteiger partial charge in [-0.2, -0.15) is 0 Å². The van der Waals surface area contributed by atoms with Crippen LogP contribution in [0.1, 0.15) is 26.3 Å². The highest BCUT2D eigenvalue weighted by molar-refractivity contribution is 6.34. The number of amides is 2. The standard InChI is InChI=1S/C15H12Cl2N2O2/c16-12-4-2-1-3-10(12)8-19-15(21)9-5-6-13(17)11(7-9)14(18)20/h1-7H,8H2,(H2,18,20)(H,19,21). The lowest BCUT2D eigenvalue weighted by molar-refractivity contribution is 0.0951. The number of rotatable bonds is 4. The van der Waals surface area contributed by atoms with Crippen molar-refractivity contribution in [3.05, 3.63) is 69.2 Å². The highest BCUT2D eigenvalue weighted by Gasteiger charge is 2.12. The molecular formula is C15H12Cl2N2O2. The van der Waals surface area contributed by atoms with E-state index < -0.39 is 5.91 Å². The van der Waals surface area contributed by atoms with Gasteiger partial charge in [-0.3, -0.25) is 9.59 Å². The van der Waals surface area contributed by atoms with Gasteiger partial charge < -0.3 is 11.1 Å². The maximum Gasteiger partial charge on any atom is 0.251 e. The van der Waals surface area contributed by atoms with Crippen molar-refractivity contribution >= 4 is 35.0 Å². The van der Waals surface area contributed by atoms with Crippen LogP contribution in [0.3, 0.4) is 0 Å². The normalized spacial score (nSPS) is 10.2. The van der Waals surface area contributed by atoms with Gasteiger partial charge in [0, 0.05) is 17.1 Å². The lowest BCUT2D eigenvalue weighted by Gasteiger charge is -2.08. The largest absolute Gasteiger partial charge is 0.366 e. The van der Waals surface area contributed by atoms with Crippen LogP contribution >= 0.6 is 23.2 Å². The Morgan fingerprint density at radius 2 is 1.76 bits per heavy atom. The molecule has 6 heteroatoms. The highest BCUT2D eigenvalue weighted by atomic mass is 35.5. The van der Waals surface area contributed by atoms with Crippen molar-refractivity contribution < 1.29 is 9.59 Å². The summed E-state index contributed by atoms with van der Waals surface area (Å²) in [4.78, 5) is 23.3. The van der Waals surface area contributed by atoms with Crippen molar-refractivity contribution in [2.24, 2.45) is 5.73 Å². The maximum atomic E-state index is 12.1. The summed E-state index contributed by atoms with van der Waals surface area (Å²) in [6, 6.07) is 11.6. The van der Waals surface area contributed by atoms with Gasteiger partial charge in [0.05, 0.1) is 10.6 Å². The Morgan fingerprint density at radius 1 is 1.05 bits per heavy atom. The smallest absolute Gasteiger partial charge is 0.251 e. The van der Waals surface area contributed by atoms with Gasteiger partial charge in [-0.25, -0.2) is 0 Å². The third-order valence-corrected chi connectivity index (χ3v) is 3.59. The zero-order valence-electron chi connectivity index (χ0n) is 10.9. The van der Waals surface area contributed by atoms with E-state index >= 15 is 0 Å². The van der Waals surface area contributed by atoms with Crippen LogP contribution in [0.5, 0.6) is 0 Å². The van der Waals surface area contributed by atoms with Crippen LogP contribution in [0.25, 0.3) is 0 Å². The zero-order chi connectivity index (χ0) is 15.4. The summed E-state index contributed by atoms with van der Waals surface area (Å²) in [5.41, 5.74) is 6.42. The Balaban J connectivity index is 2.12. The Labute approximate surface area is 131 Å². The molecular weight excluding hydrogens is 311 g/mol. The van der Waals surface area contributed by atoms with Crippen LogP contribution in [0.4, 0.5) is 0 Å². The van der Waals surface area contributed by atoms with Crippen molar-refractivity contribution in [3.8, 4) is 0 Å². The van der Waals surface area contributed by atoms with Crippen LogP contribution in [0, 0.1) is 0 Å². The van der Waals surface area contributed by atoms with Gasteiger partial charge in [0.2, 0.25) is 5.91 Å². The number of primary amides is 1. The molecule has 21 heavy (non-hydrogen) atoms. The Morgan fingerprint density at radius 3 is 2.43 bits per heavy atom. The van der Waals surface area contributed by atoms with Crippen molar-refractivity contribution in [1.29, 1.82) is 0 Å². The molecule has 0 fully saturated rings. The predicted octanol–water partition coefficient (Wildman–Crippen LogP) is 3.02. The summed E-state index contributed by atoms with van der Waals surface area (Å²) in [7, 11) is 0. The van der Waals surface area contributed by atoms with Crippen LogP contribution in [-0.2, 0) is 6.54 Å². The minimum atomic E-state index is -0.680. The maximum absolute atomic E-state index is 12.1. The van der Waals surface area contributed by atoms with Gasteiger partial charge in [-0.1, -0.05) is 41.4 Å². The van der Waals surface area contributed by atoms with Gasteiger partial charge in [-0.15, -0.1) is 0 Å². The fraction of sp³-hybridized carbons (Fsp3) is 0.0667. The zero-order valence-corrected chi connectivity index (χ0v) is 12.4. The van der Waals surface area contributed by atoms with Crippen molar-refractivity contribution in [2.75, 3.05) is 0 Å². The monoisotopic (exact) mass is 322 g/mol. The van der Waals surface area contributed by atoms with Gasteiger partial charge in [0.1, 0.15) is 0 Å². The topological polar surface area (TPSA) is 72.2 Å². The van der Waals surface area contributed by atoms with Gasteiger partial charge in [0.15, 0.2) is 0 Å². The van der Waals surface area contributed by atoms with E-state index in [0.29, 0.717) is 10.6 Å². The molecule has 0 heterocycles. The average Bonchev–Trinajstić information content (AvgIpc) is 2.46. The number of hydrogen-bond acceptors (Lipinski definition) is 2. The molecule has 0 saturated carbocycles. The van der Waals surface area contributed by atoms with Gasteiger partial charge >= 0.3 is 0 Å². The summed E-state index contributed by atoms with van der Waals surface area (Å²) in [6.07, 6.45) is 0. The van der Waals surface area contributed by atoms with Crippen LogP contribution < -0.4 is 11.1 Å². The molecule has 0 spiro atoms. The minimum Gasteiger partial charge on any atom is -0.366 e. The first-order valence-corrected chi connectivity index (χ1v) is 6.85. The molecule has 2 amide bonds. The van der Waals surface area contributed by atoms with Crippen LogP contribution in [0.15, 0.2) is 42.5 Å². The predicted molar refractivity (Wildman–Crippen MR) is 82.6 cm³/mol. The number of benzene rings is 2. The summed E-state index contributed by atoms with van der Waals surface area (Å²) in [5, 5.41) is 3.51. The van der Waals surface area contributed by atoms with E-state index in [0.717, 1.165) is 5.56 Å². The van der Waals surface area contributed by atoms with E-state index in [9.17, 15) is 9.59 Å². The fourth-order valence-corrected chi connectivity index (χ4v) is 2.19.